The average Bonchev–Trinajstić information content (AvgIpc) is 3.31. The lowest BCUT2D eigenvalue weighted by Gasteiger charge is -2.64. The number of carbonyl (C=O) groups excluding carboxylic acids is 2. The van der Waals surface area contributed by atoms with E-state index in [9.17, 15) is 19.8 Å². The Labute approximate surface area is 197 Å². The molecule has 0 unspecified atom stereocenters. The van der Waals surface area contributed by atoms with Gasteiger partial charge in [-0.1, -0.05) is 24.3 Å². The highest BCUT2D eigenvalue weighted by Crippen LogP contribution is 2.66. The third-order valence-electron chi connectivity index (χ3n) is 9.06. The van der Waals surface area contributed by atoms with Crippen LogP contribution in [0.3, 0.4) is 0 Å². The van der Waals surface area contributed by atoms with Crippen LogP contribution in [0.5, 0.6) is 11.5 Å². The number of ether oxygens (including phenoxy) is 1. The van der Waals surface area contributed by atoms with Crippen molar-refractivity contribution in [3.63, 3.8) is 0 Å². The van der Waals surface area contributed by atoms with Crippen LogP contribution in [0.25, 0.3) is 0 Å². The molecule has 2 bridgehead atoms. The average molecular weight is 459 g/mol. The van der Waals surface area contributed by atoms with E-state index >= 15 is 0 Å². The summed E-state index contributed by atoms with van der Waals surface area (Å²) in [7, 11) is 0. The monoisotopic (exact) mass is 458 g/mol. The molecule has 7 heteroatoms. The number of nitrogens with zero attached hydrogens (tertiary/aromatic N) is 2. The highest BCUT2D eigenvalue weighted by atomic mass is 16.5. The number of phenols is 1. The first-order valence-corrected chi connectivity index (χ1v) is 12.0. The zero-order chi connectivity index (χ0) is 23.4. The quantitative estimate of drug-likeness (QED) is 0.542. The van der Waals surface area contributed by atoms with Crippen molar-refractivity contribution in [3.8, 4) is 11.5 Å². The van der Waals surface area contributed by atoms with E-state index in [2.05, 4.69) is 11.5 Å². The van der Waals surface area contributed by atoms with Crippen LogP contribution < -0.4 is 4.74 Å². The van der Waals surface area contributed by atoms with E-state index in [1.165, 1.54) is 4.90 Å². The number of fused-ring (bicyclic) bond motifs is 1. The third kappa shape index (κ3) is 2.11. The molecule has 1 saturated heterocycles. The van der Waals surface area contributed by atoms with Gasteiger partial charge >= 0.3 is 0 Å². The molecule has 1 saturated carbocycles. The van der Waals surface area contributed by atoms with Crippen LogP contribution in [0.4, 0.5) is 0 Å². The number of imide groups is 1. The van der Waals surface area contributed by atoms with Crippen molar-refractivity contribution in [1.82, 2.24) is 9.80 Å². The summed E-state index contributed by atoms with van der Waals surface area (Å²) in [6.45, 7) is 5.32. The van der Waals surface area contributed by atoms with Crippen LogP contribution in [-0.2, 0) is 11.8 Å². The van der Waals surface area contributed by atoms with Crippen molar-refractivity contribution in [3.05, 3.63) is 71.3 Å². The number of carbonyl (C=O) groups is 2. The second-order valence-electron chi connectivity index (χ2n) is 10.3. The molecule has 34 heavy (non-hydrogen) atoms. The van der Waals surface area contributed by atoms with Gasteiger partial charge in [0.1, 0.15) is 6.10 Å². The topological polar surface area (TPSA) is 90.3 Å². The van der Waals surface area contributed by atoms with Gasteiger partial charge in [0, 0.05) is 18.2 Å². The Morgan fingerprint density at radius 1 is 1.12 bits per heavy atom. The molecule has 2 aromatic carbocycles. The molecule has 2 fully saturated rings. The van der Waals surface area contributed by atoms with E-state index in [4.69, 9.17) is 4.74 Å². The number of phenolic OH excluding ortho intramolecular Hbond substituents is 1. The number of piperidine rings is 1. The van der Waals surface area contributed by atoms with Crippen molar-refractivity contribution < 1.29 is 24.5 Å². The molecule has 7 nitrogen and oxygen atoms in total. The van der Waals surface area contributed by atoms with Crippen LogP contribution in [0.1, 0.15) is 51.1 Å². The van der Waals surface area contributed by atoms with Gasteiger partial charge in [0.15, 0.2) is 11.5 Å². The highest BCUT2D eigenvalue weighted by Gasteiger charge is 2.74. The summed E-state index contributed by atoms with van der Waals surface area (Å²) in [5.74, 6) is -0.182. The number of aromatic hydroxyl groups is 1. The van der Waals surface area contributed by atoms with Crippen molar-refractivity contribution in [1.29, 1.82) is 0 Å². The number of rotatable bonds is 3. The Morgan fingerprint density at radius 2 is 1.85 bits per heavy atom. The minimum Gasteiger partial charge on any atom is -0.504 e. The Bertz CT molecular complexity index is 1250. The lowest BCUT2D eigenvalue weighted by atomic mass is 9.48. The number of amides is 2. The molecule has 2 aromatic rings. The summed E-state index contributed by atoms with van der Waals surface area (Å²) in [6, 6.07) is 9.82. The standard InChI is InChI=1S/C27H26N2O5/c1-2-12-28-13-11-26-21-15-7-8-19(30)22(21)34-23(26)18(9-10-27(26,33)20(28)14-15)29-24(31)16-5-3-4-6-17(16)25(29)32/h2-8,18,20,23,30,33H,1,9-14H2/t18-,20-,23-,26-,27+/m0/s1. The first kappa shape index (κ1) is 20.2. The second-order valence-corrected chi connectivity index (χ2v) is 10.3. The fourth-order valence-electron chi connectivity index (χ4n) is 7.76. The van der Waals surface area contributed by atoms with Gasteiger partial charge in [-0.2, -0.15) is 0 Å². The van der Waals surface area contributed by atoms with E-state index < -0.39 is 23.2 Å². The molecular formula is C27H26N2O5. The molecule has 2 N–H and O–H groups in total. The summed E-state index contributed by atoms with van der Waals surface area (Å²) >= 11 is 0. The van der Waals surface area contributed by atoms with Gasteiger partial charge in [-0.05, 0) is 56.0 Å². The molecular weight excluding hydrogens is 432 g/mol. The van der Waals surface area contributed by atoms with Crippen LogP contribution in [0, 0.1) is 0 Å². The van der Waals surface area contributed by atoms with Crippen molar-refractivity contribution in [2.75, 3.05) is 13.1 Å². The summed E-state index contributed by atoms with van der Waals surface area (Å²) in [6.07, 6.45) is 3.40. The first-order chi connectivity index (χ1) is 16.4. The number of hydrogen-bond acceptors (Lipinski definition) is 6. The van der Waals surface area contributed by atoms with E-state index in [0.717, 1.165) is 17.7 Å². The molecule has 2 amide bonds. The lowest BCUT2D eigenvalue weighted by Crippen LogP contribution is -2.78. The SMILES string of the molecule is C=CCN1CC[C@]23c4c5ccc(O)c4O[C@H]2[C@@H](N2C(=O)c4ccccc4C2=O)CC[C@@]3(O)[C@@H]1C5. The highest BCUT2D eigenvalue weighted by molar-refractivity contribution is 6.21. The Hall–Kier alpha value is -3.16. The molecule has 0 aromatic heterocycles. The Morgan fingerprint density at radius 3 is 2.56 bits per heavy atom. The smallest absolute Gasteiger partial charge is 0.261 e. The van der Waals surface area contributed by atoms with Gasteiger partial charge in [-0.3, -0.25) is 19.4 Å². The maximum atomic E-state index is 13.4. The number of benzene rings is 2. The number of aliphatic hydroxyl groups is 1. The van der Waals surface area contributed by atoms with Gasteiger partial charge in [0.2, 0.25) is 0 Å². The fraction of sp³-hybridized carbons (Fsp3) is 0.407. The van der Waals surface area contributed by atoms with Crippen LogP contribution >= 0.6 is 0 Å². The number of hydrogen-bond donors (Lipinski definition) is 2. The Kier molecular flexibility index (Phi) is 3.86. The molecule has 7 rings (SSSR count). The van der Waals surface area contributed by atoms with Crippen molar-refractivity contribution >= 4 is 11.8 Å². The molecule has 2 aliphatic carbocycles. The van der Waals surface area contributed by atoms with Crippen molar-refractivity contribution in [2.24, 2.45) is 0 Å². The number of likely N-dealkylation sites (tertiary alicyclic amines) is 1. The zero-order valence-electron chi connectivity index (χ0n) is 18.7. The van der Waals surface area contributed by atoms with Gasteiger partial charge in [0.25, 0.3) is 11.8 Å². The minimum atomic E-state index is -1.10. The maximum absolute atomic E-state index is 13.4. The van der Waals surface area contributed by atoms with Crippen molar-refractivity contribution in [2.45, 2.75) is 54.9 Å². The molecule has 1 spiro atoms. The molecule has 5 atom stereocenters. The van der Waals surface area contributed by atoms with E-state index in [1.54, 1.807) is 30.3 Å². The maximum Gasteiger partial charge on any atom is 0.261 e. The molecule has 5 aliphatic rings. The van der Waals surface area contributed by atoms with Gasteiger partial charge in [-0.25, -0.2) is 0 Å². The second kappa shape index (κ2) is 6.49. The largest absolute Gasteiger partial charge is 0.504 e. The summed E-state index contributed by atoms with van der Waals surface area (Å²) in [5, 5.41) is 23.2. The predicted octanol–water partition coefficient (Wildman–Crippen LogP) is 2.40. The normalized spacial score (nSPS) is 35.1. The zero-order valence-corrected chi connectivity index (χ0v) is 18.7. The van der Waals surface area contributed by atoms with Gasteiger partial charge in [0.05, 0.1) is 28.2 Å². The predicted molar refractivity (Wildman–Crippen MR) is 123 cm³/mol. The minimum absolute atomic E-state index is 0.0398. The van der Waals surface area contributed by atoms with E-state index in [-0.39, 0.29) is 23.6 Å². The molecule has 3 heterocycles. The van der Waals surface area contributed by atoms with Crippen LogP contribution in [0.15, 0.2) is 49.1 Å². The molecule has 174 valence electrons. The van der Waals surface area contributed by atoms with Gasteiger partial charge in [-0.15, -0.1) is 6.58 Å². The fourth-order valence-corrected chi connectivity index (χ4v) is 7.76. The first-order valence-electron chi connectivity index (χ1n) is 12.0. The van der Waals surface area contributed by atoms with E-state index in [0.29, 0.717) is 49.1 Å². The molecule has 3 aliphatic heterocycles. The van der Waals surface area contributed by atoms with Crippen LogP contribution in [-0.4, -0.2) is 68.7 Å². The Balaban J connectivity index is 1.40. The lowest BCUT2D eigenvalue weighted by molar-refractivity contribution is -0.194. The van der Waals surface area contributed by atoms with Gasteiger partial charge < -0.3 is 14.9 Å². The summed E-state index contributed by atoms with van der Waals surface area (Å²) in [4.78, 5) is 30.4. The van der Waals surface area contributed by atoms with E-state index in [1.807, 2.05) is 12.1 Å². The summed E-state index contributed by atoms with van der Waals surface area (Å²) < 4.78 is 6.50. The third-order valence-corrected chi connectivity index (χ3v) is 9.06. The molecule has 0 radical (unpaired) electrons. The summed E-state index contributed by atoms with van der Waals surface area (Å²) in [5.41, 5.74) is 0.854. The van der Waals surface area contributed by atoms with Crippen LogP contribution in [0.2, 0.25) is 0 Å².